The summed E-state index contributed by atoms with van der Waals surface area (Å²) in [5.41, 5.74) is 2.46. The molecule has 0 saturated carbocycles. The summed E-state index contributed by atoms with van der Waals surface area (Å²) in [6, 6.07) is 7.10. The van der Waals surface area contributed by atoms with Crippen LogP contribution in [0.2, 0.25) is 0 Å². The molecule has 0 aliphatic carbocycles. The molecule has 0 amide bonds. The molecule has 0 radical (unpaired) electrons. The van der Waals surface area contributed by atoms with Crippen LogP contribution >= 0.6 is 12.4 Å². The van der Waals surface area contributed by atoms with Crippen LogP contribution in [0, 0.1) is 11.2 Å². The van der Waals surface area contributed by atoms with Crippen LogP contribution in [-0.2, 0) is 6.54 Å². The fourth-order valence-electron chi connectivity index (χ4n) is 4.09. The average molecular weight is 336 g/mol. The Morgan fingerprint density at radius 1 is 1.17 bits per heavy atom. The van der Waals surface area contributed by atoms with Crippen molar-refractivity contribution < 1.29 is 4.39 Å². The molecule has 4 rings (SSSR count). The number of pyridine rings is 1. The van der Waals surface area contributed by atoms with Crippen LogP contribution in [-0.4, -0.2) is 36.1 Å². The topological polar surface area (TPSA) is 28.2 Å². The first-order chi connectivity index (χ1) is 10.8. The van der Waals surface area contributed by atoms with Crippen LogP contribution in [0.4, 0.5) is 4.39 Å². The van der Waals surface area contributed by atoms with Crippen molar-refractivity contribution in [2.75, 3.05) is 26.2 Å². The van der Waals surface area contributed by atoms with Crippen LogP contribution in [0.5, 0.6) is 0 Å². The first kappa shape index (κ1) is 16.6. The highest BCUT2D eigenvalue weighted by atomic mass is 35.5. The number of aromatic nitrogens is 1. The van der Waals surface area contributed by atoms with Gasteiger partial charge in [-0.05, 0) is 68.1 Å². The van der Waals surface area contributed by atoms with Crippen LogP contribution < -0.4 is 5.32 Å². The zero-order chi connectivity index (χ0) is 15.0. The van der Waals surface area contributed by atoms with E-state index in [4.69, 9.17) is 0 Å². The van der Waals surface area contributed by atoms with E-state index < -0.39 is 0 Å². The predicted molar refractivity (Wildman–Crippen MR) is 93.4 cm³/mol. The summed E-state index contributed by atoms with van der Waals surface area (Å²) in [7, 11) is 0. The first-order valence-electron chi connectivity index (χ1n) is 8.21. The van der Waals surface area contributed by atoms with Gasteiger partial charge in [-0.15, -0.1) is 12.4 Å². The number of nitrogens with zero attached hydrogens (tertiary/aromatic N) is 2. The lowest BCUT2D eigenvalue weighted by molar-refractivity contribution is 0.194. The van der Waals surface area contributed by atoms with Gasteiger partial charge in [0.25, 0.3) is 0 Å². The van der Waals surface area contributed by atoms with Crippen LogP contribution in [0.25, 0.3) is 10.9 Å². The lowest BCUT2D eigenvalue weighted by atomic mass is 9.78. The van der Waals surface area contributed by atoms with Crippen molar-refractivity contribution in [1.82, 2.24) is 15.2 Å². The minimum Gasteiger partial charge on any atom is -0.317 e. The van der Waals surface area contributed by atoms with Gasteiger partial charge >= 0.3 is 0 Å². The van der Waals surface area contributed by atoms with Crippen molar-refractivity contribution in [1.29, 1.82) is 0 Å². The Morgan fingerprint density at radius 2 is 2.00 bits per heavy atom. The lowest BCUT2D eigenvalue weighted by Gasteiger charge is -2.34. The van der Waals surface area contributed by atoms with Gasteiger partial charge < -0.3 is 5.32 Å². The van der Waals surface area contributed by atoms with E-state index in [1.807, 2.05) is 12.1 Å². The highest BCUT2D eigenvalue weighted by molar-refractivity contribution is 5.85. The number of hydrogen-bond acceptors (Lipinski definition) is 3. The second-order valence-corrected chi connectivity index (χ2v) is 6.82. The lowest BCUT2D eigenvalue weighted by Crippen LogP contribution is -2.38. The molecule has 1 aromatic heterocycles. The smallest absolute Gasteiger partial charge is 0.132 e. The maximum Gasteiger partial charge on any atom is 0.132 e. The van der Waals surface area contributed by atoms with E-state index >= 15 is 0 Å². The Labute approximate surface area is 142 Å². The molecule has 0 atom stereocenters. The van der Waals surface area contributed by atoms with Crippen molar-refractivity contribution in [2.24, 2.45) is 5.41 Å². The molecule has 2 fully saturated rings. The predicted octanol–water partition coefficient (Wildman–Crippen LogP) is 3.37. The van der Waals surface area contributed by atoms with E-state index in [0.717, 1.165) is 37.3 Å². The zero-order valence-electron chi connectivity index (χ0n) is 13.2. The van der Waals surface area contributed by atoms with Crippen LogP contribution in [0.15, 0.2) is 30.5 Å². The van der Waals surface area contributed by atoms with E-state index in [2.05, 4.69) is 15.2 Å². The van der Waals surface area contributed by atoms with E-state index in [-0.39, 0.29) is 18.2 Å². The summed E-state index contributed by atoms with van der Waals surface area (Å²) >= 11 is 0. The van der Waals surface area contributed by atoms with Crippen molar-refractivity contribution in [3.63, 3.8) is 0 Å². The molecule has 3 heterocycles. The second-order valence-electron chi connectivity index (χ2n) is 6.82. The van der Waals surface area contributed by atoms with Gasteiger partial charge in [0.1, 0.15) is 5.82 Å². The minimum atomic E-state index is -0.178. The van der Waals surface area contributed by atoms with Gasteiger partial charge in [0.2, 0.25) is 0 Å². The summed E-state index contributed by atoms with van der Waals surface area (Å²) in [4.78, 5) is 6.93. The van der Waals surface area contributed by atoms with Gasteiger partial charge in [-0.1, -0.05) is 6.07 Å². The van der Waals surface area contributed by atoms with Gasteiger partial charge in [-0.2, -0.15) is 0 Å². The number of piperidine rings is 1. The molecule has 0 bridgehead atoms. The monoisotopic (exact) mass is 335 g/mol. The van der Waals surface area contributed by atoms with Crippen molar-refractivity contribution in [3.8, 4) is 0 Å². The Hall–Kier alpha value is -1.23. The molecule has 2 aliphatic rings. The number of likely N-dealkylation sites (tertiary alicyclic amines) is 1. The molecule has 23 heavy (non-hydrogen) atoms. The first-order valence-corrected chi connectivity index (χ1v) is 8.21. The SMILES string of the molecule is Cl.Fc1ccc(CN2CCC3(CCNCC3)C2)c2ncccc12. The molecule has 2 saturated heterocycles. The third-order valence-corrected chi connectivity index (χ3v) is 5.38. The number of benzene rings is 1. The molecular weight excluding hydrogens is 313 g/mol. The maximum atomic E-state index is 13.9. The molecule has 1 spiro atoms. The fourth-order valence-corrected chi connectivity index (χ4v) is 4.09. The maximum absolute atomic E-state index is 13.9. The Balaban J connectivity index is 0.00000156. The number of rotatable bonds is 2. The van der Waals surface area contributed by atoms with Crippen molar-refractivity contribution in [2.45, 2.75) is 25.8 Å². The third-order valence-electron chi connectivity index (χ3n) is 5.38. The van der Waals surface area contributed by atoms with Crippen molar-refractivity contribution >= 4 is 23.3 Å². The third kappa shape index (κ3) is 3.21. The normalized spacial score (nSPS) is 20.7. The molecule has 3 nitrogen and oxygen atoms in total. The van der Waals surface area contributed by atoms with E-state index in [9.17, 15) is 4.39 Å². The van der Waals surface area contributed by atoms with E-state index in [1.165, 1.54) is 25.8 Å². The second kappa shape index (κ2) is 6.71. The van der Waals surface area contributed by atoms with Crippen LogP contribution in [0.3, 0.4) is 0 Å². The van der Waals surface area contributed by atoms with Gasteiger partial charge in [0.05, 0.1) is 5.52 Å². The zero-order valence-corrected chi connectivity index (χ0v) is 14.0. The molecule has 5 heteroatoms. The number of halogens is 2. The summed E-state index contributed by atoms with van der Waals surface area (Å²) in [6.07, 6.45) is 5.61. The molecule has 2 aliphatic heterocycles. The summed E-state index contributed by atoms with van der Waals surface area (Å²) in [5.74, 6) is -0.178. The summed E-state index contributed by atoms with van der Waals surface area (Å²) in [6.45, 7) is 5.48. The average Bonchev–Trinajstić information content (AvgIpc) is 2.93. The number of hydrogen-bond donors (Lipinski definition) is 1. The van der Waals surface area contributed by atoms with Gasteiger partial charge in [0, 0.05) is 24.7 Å². The highest BCUT2D eigenvalue weighted by Crippen LogP contribution is 2.39. The molecular formula is C18H23ClFN3. The standard InChI is InChI=1S/C18H22FN3.ClH/c19-16-4-3-14(17-15(16)2-1-8-21-17)12-22-11-7-18(13-22)5-9-20-10-6-18;/h1-4,8,20H,5-7,9-13H2;1H. The molecule has 1 aromatic carbocycles. The Kier molecular flexibility index (Phi) is 4.85. The quantitative estimate of drug-likeness (QED) is 0.912. The van der Waals surface area contributed by atoms with E-state index in [0.29, 0.717) is 10.8 Å². The van der Waals surface area contributed by atoms with Gasteiger partial charge in [-0.25, -0.2) is 4.39 Å². The Bertz CT molecular complexity index is 685. The summed E-state index contributed by atoms with van der Waals surface area (Å²) < 4.78 is 13.9. The number of fused-ring (bicyclic) bond motifs is 1. The van der Waals surface area contributed by atoms with Crippen LogP contribution in [0.1, 0.15) is 24.8 Å². The molecule has 2 aromatic rings. The largest absolute Gasteiger partial charge is 0.317 e. The molecule has 0 unspecified atom stereocenters. The fraction of sp³-hybridized carbons (Fsp3) is 0.500. The summed E-state index contributed by atoms with van der Waals surface area (Å²) in [5, 5.41) is 4.10. The van der Waals surface area contributed by atoms with Crippen molar-refractivity contribution in [3.05, 3.63) is 41.8 Å². The highest BCUT2D eigenvalue weighted by Gasteiger charge is 2.38. The molecule has 124 valence electrons. The minimum absolute atomic E-state index is 0. The number of nitrogens with one attached hydrogen (secondary N) is 1. The Morgan fingerprint density at radius 3 is 2.83 bits per heavy atom. The molecule has 1 N–H and O–H groups in total. The van der Waals surface area contributed by atoms with Gasteiger partial charge in [0.15, 0.2) is 0 Å². The van der Waals surface area contributed by atoms with E-state index in [1.54, 1.807) is 18.3 Å². The van der Waals surface area contributed by atoms with Gasteiger partial charge in [-0.3, -0.25) is 9.88 Å².